The summed E-state index contributed by atoms with van der Waals surface area (Å²) < 4.78 is 43.5. The van der Waals surface area contributed by atoms with Crippen molar-refractivity contribution in [1.29, 1.82) is 0 Å². The summed E-state index contributed by atoms with van der Waals surface area (Å²) in [7, 11) is 1.78. The third-order valence-electron chi connectivity index (χ3n) is 3.83. The zero-order valence-corrected chi connectivity index (χ0v) is 15.4. The molecule has 0 spiro atoms. The second-order valence-corrected chi connectivity index (χ2v) is 5.60. The fourth-order valence-corrected chi connectivity index (χ4v) is 2.40. The van der Waals surface area contributed by atoms with Gasteiger partial charge in [0.2, 0.25) is 5.91 Å². The zero-order valence-electron chi connectivity index (χ0n) is 14.6. The van der Waals surface area contributed by atoms with Gasteiger partial charge in [-0.3, -0.25) is 4.79 Å². The van der Waals surface area contributed by atoms with Crippen LogP contribution >= 0.6 is 12.4 Å². The molecule has 0 aliphatic rings. The fraction of sp³-hybridized carbons (Fsp3) is 0.389. The predicted molar refractivity (Wildman–Crippen MR) is 96.0 cm³/mol. The van der Waals surface area contributed by atoms with Crippen LogP contribution in [0.1, 0.15) is 24.7 Å². The van der Waals surface area contributed by atoms with Gasteiger partial charge in [-0.1, -0.05) is 12.1 Å². The Kier molecular flexibility index (Phi) is 8.17. The van der Waals surface area contributed by atoms with Crippen LogP contribution in [0.3, 0.4) is 0 Å². The van der Waals surface area contributed by atoms with Crippen molar-refractivity contribution in [3.8, 4) is 11.3 Å². The van der Waals surface area contributed by atoms with E-state index in [0.717, 1.165) is 12.1 Å². The van der Waals surface area contributed by atoms with E-state index in [2.05, 4.69) is 5.32 Å². The van der Waals surface area contributed by atoms with Crippen molar-refractivity contribution >= 4 is 18.3 Å². The quantitative estimate of drug-likeness (QED) is 0.764. The van der Waals surface area contributed by atoms with Crippen LogP contribution in [-0.4, -0.2) is 30.9 Å². The van der Waals surface area contributed by atoms with Gasteiger partial charge in [-0.05, 0) is 38.2 Å². The first-order valence-electron chi connectivity index (χ1n) is 8.04. The smallest absolute Gasteiger partial charge is 0.416 e. The lowest BCUT2D eigenvalue weighted by molar-refractivity contribution is -0.137. The summed E-state index contributed by atoms with van der Waals surface area (Å²) in [6.07, 6.45) is -3.96. The van der Waals surface area contributed by atoms with E-state index in [1.807, 2.05) is 6.92 Å². The van der Waals surface area contributed by atoms with Crippen LogP contribution < -0.4 is 5.32 Å². The first-order chi connectivity index (χ1) is 11.8. The van der Waals surface area contributed by atoms with Crippen molar-refractivity contribution in [3.63, 3.8) is 0 Å². The SMILES string of the molecule is CCN(Cc1ccc(-c2ccc(C(F)(F)F)cc2)o1)C(=O)CCNC.Cl. The molecule has 2 aromatic rings. The average molecular weight is 391 g/mol. The van der Waals surface area contributed by atoms with Gasteiger partial charge in [-0.15, -0.1) is 12.4 Å². The number of hydrogen-bond acceptors (Lipinski definition) is 3. The van der Waals surface area contributed by atoms with Gasteiger partial charge in [0.25, 0.3) is 0 Å². The summed E-state index contributed by atoms with van der Waals surface area (Å²) in [5.41, 5.74) is -0.140. The highest BCUT2D eigenvalue weighted by atomic mass is 35.5. The van der Waals surface area contributed by atoms with Gasteiger partial charge in [0.05, 0.1) is 12.1 Å². The highest BCUT2D eigenvalue weighted by molar-refractivity contribution is 5.85. The number of alkyl halides is 3. The number of benzene rings is 1. The summed E-state index contributed by atoms with van der Waals surface area (Å²) in [6.45, 7) is 3.37. The molecular formula is C18H22ClF3N2O2. The van der Waals surface area contributed by atoms with Crippen molar-refractivity contribution < 1.29 is 22.4 Å². The Bertz CT molecular complexity index is 699. The van der Waals surface area contributed by atoms with Crippen LogP contribution in [-0.2, 0) is 17.5 Å². The monoisotopic (exact) mass is 390 g/mol. The summed E-state index contributed by atoms with van der Waals surface area (Å²) in [5.74, 6) is 1.08. The van der Waals surface area contributed by atoms with Crippen LogP contribution in [0.15, 0.2) is 40.8 Å². The Hall–Kier alpha value is -1.99. The van der Waals surface area contributed by atoms with Crippen LogP contribution in [0.5, 0.6) is 0 Å². The Morgan fingerprint density at radius 3 is 2.35 bits per heavy atom. The van der Waals surface area contributed by atoms with Crippen molar-refractivity contribution in [3.05, 3.63) is 47.7 Å². The Morgan fingerprint density at radius 2 is 1.81 bits per heavy atom. The zero-order chi connectivity index (χ0) is 18.4. The lowest BCUT2D eigenvalue weighted by atomic mass is 10.1. The summed E-state index contributed by atoms with van der Waals surface area (Å²) in [6, 6.07) is 8.24. The Balaban J connectivity index is 0.00000338. The first kappa shape index (κ1) is 22.1. The van der Waals surface area contributed by atoms with Gasteiger partial charge >= 0.3 is 6.18 Å². The maximum absolute atomic E-state index is 12.6. The molecule has 8 heteroatoms. The van der Waals surface area contributed by atoms with Gasteiger partial charge in [-0.2, -0.15) is 13.2 Å². The molecule has 1 N–H and O–H groups in total. The van der Waals surface area contributed by atoms with E-state index in [0.29, 0.717) is 43.1 Å². The molecule has 1 heterocycles. The summed E-state index contributed by atoms with van der Waals surface area (Å²) in [5, 5.41) is 2.93. The summed E-state index contributed by atoms with van der Waals surface area (Å²) in [4.78, 5) is 13.8. The molecule has 0 radical (unpaired) electrons. The second kappa shape index (κ2) is 9.64. The van der Waals surface area contributed by atoms with Crippen LogP contribution in [0, 0.1) is 0 Å². The molecule has 4 nitrogen and oxygen atoms in total. The number of rotatable bonds is 7. The minimum absolute atomic E-state index is 0. The number of nitrogens with zero attached hydrogens (tertiary/aromatic N) is 1. The van der Waals surface area contributed by atoms with E-state index in [1.54, 1.807) is 24.1 Å². The Morgan fingerprint density at radius 1 is 1.15 bits per heavy atom. The van der Waals surface area contributed by atoms with Gasteiger partial charge in [0.15, 0.2) is 0 Å². The third-order valence-corrected chi connectivity index (χ3v) is 3.83. The van der Waals surface area contributed by atoms with E-state index >= 15 is 0 Å². The molecule has 0 aliphatic carbocycles. The molecule has 0 unspecified atom stereocenters. The molecule has 1 aromatic heterocycles. The summed E-state index contributed by atoms with van der Waals surface area (Å²) >= 11 is 0. The fourth-order valence-electron chi connectivity index (χ4n) is 2.40. The number of furan rings is 1. The first-order valence-corrected chi connectivity index (χ1v) is 8.04. The van der Waals surface area contributed by atoms with Crippen LogP contribution in [0.4, 0.5) is 13.2 Å². The topological polar surface area (TPSA) is 45.5 Å². The minimum Gasteiger partial charge on any atom is -0.459 e. The molecule has 0 aliphatic heterocycles. The Labute approximate surface area is 156 Å². The standard InChI is InChI=1S/C18H21F3N2O2.ClH/c1-3-23(17(24)10-11-22-2)12-15-8-9-16(25-15)13-4-6-14(7-5-13)18(19,20)21;/h4-9,22H,3,10-12H2,1-2H3;1H. The lowest BCUT2D eigenvalue weighted by Crippen LogP contribution is -2.32. The third kappa shape index (κ3) is 5.78. The van der Waals surface area contributed by atoms with Gasteiger partial charge in [0, 0.05) is 25.1 Å². The number of hydrogen-bond donors (Lipinski definition) is 1. The second-order valence-electron chi connectivity index (χ2n) is 5.60. The van der Waals surface area contributed by atoms with E-state index in [-0.39, 0.29) is 18.3 Å². The van der Waals surface area contributed by atoms with Gasteiger partial charge < -0.3 is 14.6 Å². The van der Waals surface area contributed by atoms with Crippen molar-refractivity contribution in [2.75, 3.05) is 20.1 Å². The molecule has 0 fully saturated rings. The van der Waals surface area contributed by atoms with E-state index in [9.17, 15) is 18.0 Å². The minimum atomic E-state index is -4.36. The van der Waals surface area contributed by atoms with E-state index < -0.39 is 11.7 Å². The number of halogens is 4. The molecule has 0 bridgehead atoms. The van der Waals surface area contributed by atoms with Crippen molar-refractivity contribution in [1.82, 2.24) is 10.2 Å². The van der Waals surface area contributed by atoms with Crippen LogP contribution in [0.25, 0.3) is 11.3 Å². The number of carbonyl (C=O) groups is 1. The molecule has 0 saturated carbocycles. The molecule has 0 saturated heterocycles. The molecular weight excluding hydrogens is 369 g/mol. The van der Waals surface area contributed by atoms with Crippen molar-refractivity contribution in [2.45, 2.75) is 26.1 Å². The van der Waals surface area contributed by atoms with Gasteiger partial charge in [0.1, 0.15) is 11.5 Å². The maximum Gasteiger partial charge on any atom is 0.416 e. The van der Waals surface area contributed by atoms with Gasteiger partial charge in [-0.25, -0.2) is 0 Å². The molecule has 0 atom stereocenters. The average Bonchev–Trinajstić information content (AvgIpc) is 3.05. The number of amides is 1. The number of nitrogens with one attached hydrogen (secondary N) is 1. The highest BCUT2D eigenvalue weighted by Crippen LogP contribution is 2.31. The maximum atomic E-state index is 12.6. The number of carbonyl (C=O) groups excluding carboxylic acids is 1. The van der Waals surface area contributed by atoms with Crippen molar-refractivity contribution in [2.24, 2.45) is 0 Å². The molecule has 26 heavy (non-hydrogen) atoms. The molecule has 1 aromatic carbocycles. The molecule has 2 rings (SSSR count). The predicted octanol–water partition coefficient (Wildman–Crippen LogP) is 4.35. The largest absolute Gasteiger partial charge is 0.459 e. The lowest BCUT2D eigenvalue weighted by Gasteiger charge is -2.19. The van der Waals surface area contributed by atoms with E-state index in [4.69, 9.17) is 4.42 Å². The molecule has 144 valence electrons. The molecule has 1 amide bonds. The normalized spacial score (nSPS) is 11.1. The van der Waals surface area contributed by atoms with E-state index in [1.165, 1.54) is 12.1 Å². The highest BCUT2D eigenvalue weighted by Gasteiger charge is 2.30. The van der Waals surface area contributed by atoms with Crippen LogP contribution in [0.2, 0.25) is 0 Å².